The van der Waals surface area contributed by atoms with Gasteiger partial charge in [-0.25, -0.2) is 0 Å². The smallest absolute Gasteiger partial charge is 0.300 e. The Kier molecular flexibility index (Phi) is 5.14. The van der Waals surface area contributed by atoms with E-state index < -0.39 is 5.97 Å². The number of hydrogen-bond acceptors (Lipinski definition) is 4. The minimum Gasteiger partial charge on any atom is -0.481 e. The van der Waals surface area contributed by atoms with E-state index in [-0.39, 0.29) is 5.91 Å². The molecule has 3 heterocycles. The topological polar surface area (TPSA) is 98.3 Å². The molecule has 7 heteroatoms. The molecule has 2 fully saturated rings. The average Bonchev–Trinajstić information content (AvgIpc) is 3.27. The van der Waals surface area contributed by atoms with Gasteiger partial charge in [-0.1, -0.05) is 30.3 Å². The Morgan fingerprint density at radius 1 is 1.36 bits per heavy atom. The molecule has 4 rings (SSSR count). The molecule has 1 aromatic heterocycles. The first-order valence-corrected chi connectivity index (χ1v) is 8.36. The molecule has 0 spiro atoms. The summed E-state index contributed by atoms with van der Waals surface area (Å²) in [5.74, 6) is -0.590. The number of nitrogens with one attached hydrogen (secondary N) is 2. The molecule has 2 saturated heterocycles. The Hall–Kier alpha value is -2.67. The number of carboxylic acid groups (broad SMARTS) is 1. The first-order chi connectivity index (χ1) is 12.0. The van der Waals surface area contributed by atoms with Crippen LogP contribution in [0.3, 0.4) is 0 Å². The van der Waals surface area contributed by atoms with Crippen molar-refractivity contribution < 1.29 is 14.7 Å². The van der Waals surface area contributed by atoms with Gasteiger partial charge in [0.15, 0.2) is 0 Å². The van der Waals surface area contributed by atoms with Gasteiger partial charge in [-0.2, -0.15) is 5.10 Å². The SMILES string of the molecule is CC(=O)O.O=C1C[C@H]2NCC[C@H]2N1Cc1cc(-c2ccccc2)n[nH]1. The summed E-state index contributed by atoms with van der Waals surface area (Å²) in [5.41, 5.74) is 3.02. The Morgan fingerprint density at radius 2 is 2.08 bits per heavy atom. The highest BCUT2D eigenvalue weighted by Crippen LogP contribution is 2.28. The number of fused-ring (bicyclic) bond motifs is 1. The highest BCUT2D eigenvalue weighted by molar-refractivity contribution is 5.80. The van der Waals surface area contributed by atoms with Gasteiger partial charge in [-0.05, 0) is 19.0 Å². The number of aromatic nitrogens is 2. The Balaban J connectivity index is 0.000000415. The van der Waals surface area contributed by atoms with Crippen LogP contribution in [-0.4, -0.2) is 50.7 Å². The van der Waals surface area contributed by atoms with Gasteiger partial charge in [0.25, 0.3) is 5.97 Å². The number of aromatic amines is 1. The van der Waals surface area contributed by atoms with Crippen molar-refractivity contribution in [2.75, 3.05) is 6.54 Å². The monoisotopic (exact) mass is 342 g/mol. The molecular formula is C18H22N4O3. The van der Waals surface area contributed by atoms with Crippen LogP contribution in [0.5, 0.6) is 0 Å². The third kappa shape index (κ3) is 4.06. The zero-order valence-corrected chi connectivity index (χ0v) is 14.1. The van der Waals surface area contributed by atoms with Crippen LogP contribution in [0.2, 0.25) is 0 Å². The number of amides is 1. The summed E-state index contributed by atoms with van der Waals surface area (Å²) in [6.45, 7) is 2.72. The number of rotatable bonds is 3. The van der Waals surface area contributed by atoms with Gasteiger partial charge in [0.05, 0.1) is 17.9 Å². The number of carbonyl (C=O) groups excluding carboxylic acids is 1. The van der Waals surface area contributed by atoms with Gasteiger partial charge in [0, 0.05) is 31.0 Å². The molecule has 0 saturated carbocycles. The summed E-state index contributed by atoms with van der Waals surface area (Å²) in [4.78, 5) is 23.1. The van der Waals surface area contributed by atoms with Gasteiger partial charge in [0.2, 0.25) is 5.91 Å². The fourth-order valence-corrected chi connectivity index (χ4v) is 3.41. The molecule has 2 aliphatic rings. The van der Waals surface area contributed by atoms with Crippen molar-refractivity contribution in [2.45, 2.75) is 38.4 Å². The molecule has 2 atom stereocenters. The highest BCUT2D eigenvalue weighted by atomic mass is 16.4. The van der Waals surface area contributed by atoms with E-state index in [1.165, 1.54) is 0 Å². The number of benzene rings is 1. The van der Waals surface area contributed by atoms with Gasteiger partial charge < -0.3 is 15.3 Å². The quantitative estimate of drug-likeness (QED) is 0.787. The summed E-state index contributed by atoms with van der Waals surface area (Å²) in [5, 5.41) is 18.3. The van der Waals surface area contributed by atoms with E-state index in [9.17, 15) is 4.79 Å². The van der Waals surface area contributed by atoms with E-state index in [0.717, 1.165) is 36.8 Å². The van der Waals surface area contributed by atoms with Gasteiger partial charge in [-0.15, -0.1) is 0 Å². The first-order valence-electron chi connectivity index (χ1n) is 8.36. The fourth-order valence-electron chi connectivity index (χ4n) is 3.41. The number of likely N-dealkylation sites (tertiary alicyclic amines) is 1. The Labute approximate surface area is 146 Å². The highest BCUT2D eigenvalue weighted by Gasteiger charge is 2.42. The zero-order valence-electron chi connectivity index (χ0n) is 14.1. The van der Waals surface area contributed by atoms with Crippen molar-refractivity contribution in [3.05, 3.63) is 42.1 Å². The maximum absolute atomic E-state index is 12.1. The average molecular weight is 342 g/mol. The van der Waals surface area contributed by atoms with Crippen LogP contribution < -0.4 is 5.32 Å². The molecule has 25 heavy (non-hydrogen) atoms. The number of nitrogens with zero attached hydrogens (tertiary/aromatic N) is 2. The molecule has 132 valence electrons. The lowest BCUT2D eigenvalue weighted by Gasteiger charge is -2.22. The van der Waals surface area contributed by atoms with E-state index in [2.05, 4.69) is 15.5 Å². The van der Waals surface area contributed by atoms with Crippen LogP contribution in [0.15, 0.2) is 36.4 Å². The van der Waals surface area contributed by atoms with Crippen molar-refractivity contribution in [2.24, 2.45) is 0 Å². The standard InChI is InChI=1S/C16H18N4O.C2H4O2/c21-16-9-14-15(6-7-17-14)20(16)10-12-8-13(19-18-12)11-4-2-1-3-5-11;1-2(3)4/h1-5,8,14-15,17H,6-7,9-10H2,(H,18,19);1H3,(H,3,4)/t14-,15-;/m1./s1. The largest absolute Gasteiger partial charge is 0.481 e. The van der Waals surface area contributed by atoms with Gasteiger partial charge in [-0.3, -0.25) is 14.7 Å². The van der Waals surface area contributed by atoms with E-state index >= 15 is 0 Å². The number of carboxylic acids is 1. The Morgan fingerprint density at radius 3 is 2.80 bits per heavy atom. The second-order valence-corrected chi connectivity index (χ2v) is 6.31. The van der Waals surface area contributed by atoms with Gasteiger partial charge in [0.1, 0.15) is 0 Å². The summed E-state index contributed by atoms with van der Waals surface area (Å²) in [7, 11) is 0. The summed E-state index contributed by atoms with van der Waals surface area (Å²) in [6.07, 6.45) is 1.68. The molecular weight excluding hydrogens is 320 g/mol. The maximum Gasteiger partial charge on any atom is 0.300 e. The Bertz CT molecular complexity index is 740. The minimum atomic E-state index is -0.833. The summed E-state index contributed by atoms with van der Waals surface area (Å²) < 4.78 is 0. The molecule has 0 radical (unpaired) electrons. The van der Waals surface area contributed by atoms with Crippen molar-refractivity contribution >= 4 is 11.9 Å². The second kappa shape index (κ2) is 7.48. The lowest BCUT2D eigenvalue weighted by atomic mass is 10.1. The van der Waals surface area contributed by atoms with Crippen LogP contribution in [0, 0.1) is 0 Å². The molecule has 0 bridgehead atoms. The normalized spacial score (nSPS) is 21.6. The molecule has 1 amide bonds. The summed E-state index contributed by atoms with van der Waals surface area (Å²) >= 11 is 0. The number of carbonyl (C=O) groups is 2. The first kappa shape index (κ1) is 17.2. The fraction of sp³-hybridized carbons (Fsp3) is 0.389. The van der Waals surface area contributed by atoms with Crippen LogP contribution >= 0.6 is 0 Å². The second-order valence-electron chi connectivity index (χ2n) is 6.31. The van der Waals surface area contributed by atoms with Crippen LogP contribution in [0.4, 0.5) is 0 Å². The van der Waals surface area contributed by atoms with E-state index in [1.54, 1.807) is 0 Å². The third-order valence-corrected chi connectivity index (χ3v) is 4.47. The summed E-state index contributed by atoms with van der Waals surface area (Å²) in [6, 6.07) is 12.8. The predicted molar refractivity (Wildman–Crippen MR) is 92.7 cm³/mol. The molecule has 2 aromatic rings. The van der Waals surface area contributed by atoms with E-state index in [1.807, 2.05) is 41.3 Å². The van der Waals surface area contributed by atoms with E-state index in [4.69, 9.17) is 9.90 Å². The molecule has 7 nitrogen and oxygen atoms in total. The third-order valence-electron chi connectivity index (χ3n) is 4.47. The molecule has 0 unspecified atom stereocenters. The lowest BCUT2D eigenvalue weighted by Crippen LogP contribution is -2.35. The van der Waals surface area contributed by atoms with Crippen molar-refractivity contribution in [3.8, 4) is 11.3 Å². The van der Waals surface area contributed by atoms with Crippen LogP contribution in [0.25, 0.3) is 11.3 Å². The number of H-pyrrole nitrogens is 1. The number of aliphatic carboxylic acids is 1. The van der Waals surface area contributed by atoms with Crippen molar-refractivity contribution in [1.29, 1.82) is 0 Å². The zero-order chi connectivity index (χ0) is 17.8. The van der Waals surface area contributed by atoms with Crippen LogP contribution in [0.1, 0.15) is 25.5 Å². The van der Waals surface area contributed by atoms with Crippen molar-refractivity contribution in [1.82, 2.24) is 20.4 Å². The van der Waals surface area contributed by atoms with E-state index in [0.29, 0.717) is 25.0 Å². The predicted octanol–water partition coefficient (Wildman–Crippen LogP) is 1.63. The van der Waals surface area contributed by atoms with Gasteiger partial charge >= 0.3 is 0 Å². The number of hydrogen-bond donors (Lipinski definition) is 3. The molecule has 2 aliphatic heterocycles. The molecule has 3 N–H and O–H groups in total. The van der Waals surface area contributed by atoms with Crippen LogP contribution in [-0.2, 0) is 16.1 Å². The molecule has 0 aliphatic carbocycles. The minimum absolute atomic E-state index is 0.244. The maximum atomic E-state index is 12.1. The lowest BCUT2D eigenvalue weighted by molar-refractivity contribution is -0.134. The van der Waals surface area contributed by atoms with Crippen molar-refractivity contribution in [3.63, 3.8) is 0 Å². The molecule has 1 aromatic carbocycles.